The van der Waals surface area contributed by atoms with Crippen molar-refractivity contribution >= 4 is 20.7 Å². The van der Waals surface area contributed by atoms with Crippen LogP contribution in [0.1, 0.15) is 31.5 Å². The minimum atomic E-state index is -5.00. The van der Waals surface area contributed by atoms with Gasteiger partial charge in [0, 0.05) is 35.4 Å². The van der Waals surface area contributed by atoms with Crippen LogP contribution in [-0.4, -0.2) is 48.6 Å². The normalized spacial score (nSPS) is 14.9. The first kappa shape index (κ1) is 25.0. The van der Waals surface area contributed by atoms with Crippen LogP contribution in [0.15, 0.2) is 41.6 Å². The first-order chi connectivity index (χ1) is 15.1. The number of aromatic amines is 1. The van der Waals surface area contributed by atoms with Gasteiger partial charge in [-0.15, -0.1) is 0 Å². The fourth-order valence-electron chi connectivity index (χ4n) is 4.00. The monoisotopic (exact) mass is 488 g/mol. The highest BCUT2D eigenvalue weighted by molar-refractivity contribution is 7.90. The lowest BCUT2D eigenvalue weighted by atomic mass is 9.73. The molecule has 0 spiro atoms. The first-order valence-corrected chi connectivity index (χ1v) is 11.8. The number of alkyl halides is 3. The summed E-state index contributed by atoms with van der Waals surface area (Å²) in [6.07, 6.45) is -4.36. The van der Waals surface area contributed by atoms with Gasteiger partial charge in [-0.25, -0.2) is 17.8 Å². The van der Waals surface area contributed by atoms with E-state index in [1.54, 1.807) is 0 Å². The molecule has 0 saturated heterocycles. The molecule has 0 radical (unpaired) electrons. The van der Waals surface area contributed by atoms with Gasteiger partial charge in [0.15, 0.2) is 20.5 Å². The van der Waals surface area contributed by atoms with Crippen LogP contribution in [0.2, 0.25) is 0 Å². The Kier molecular flexibility index (Phi) is 6.27. The molecule has 0 aliphatic heterocycles. The molecule has 0 aliphatic rings. The average molecular weight is 489 g/mol. The molecule has 1 atom stereocenters. The third-order valence-corrected chi connectivity index (χ3v) is 6.54. The molecule has 33 heavy (non-hydrogen) atoms. The van der Waals surface area contributed by atoms with E-state index in [1.807, 2.05) is 0 Å². The Morgan fingerprint density at radius 1 is 1.15 bits per heavy atom. The minimum absolute atomic E-state index is 0.0548. The van der Waals surface area contributed by atoms with E-state index in [2.05, 4.69) is 9.97 Å². The number of nitrogens with zero attached hydrogens (tertiary/aromatic N) is 1. The Labute approximate surface area is 188 Å². The second-order valence-electron chi connectivity index (χ2n) is 8.79. The van der Waals surface area contributed by atoms with Crippen molar-refractivity contribution < 1.29 is 35.8 Å². The van der Waals surface area contributed by atoms with Crippen molar-refractivity contribution in [2.24, 2.45) is 0 Å². The molecule has 0 aliphatic carbocycles. The summed E-state index contributed by atoms with van der Waals surface area (Å²) in [4.78, 5) is 6.58. The molecule has 3 aromatic rings. The average Bonchev–Trinajstić information content (AvgIpc) is 3.06. The van der Waals surface area contributed by atoms with Crippen molar-refractivity contribution in [1.82, 2.24) is 9.97 Å². The number of sulfone groups is 1. The molecule has 0 fully saturated rings. The van der Waals surface area contributed by atoms with Crippen LogP contribution in [0.3, 0.4) is 0 Å². The number of halogens is 4. The minimum Gasteiger partial charge on any atom is -0.496 e. The Morgan fingerprint density at radius 3 is 2.39 bits per heavy atom. The van der Waals surface area contributed by atoms with E-state index >= 15 is 0 Å². The highest BCUT2D eigenvalue weighted by Crippen LogP contribution is 2.45. The number of rotatable bonds is 7. The van der Waals surface area contributed by atoms with Crippen LogP contribution in [0.5, 0.6) is 5.75 Å². The molecule has 180 valence electrons. The lowest BCUT2D eigenvalue weighted by Gasteiger charge is -2.38. The fraction of sp³-hybridized carbons (Fsp3) is 0.409. The largest absolute Gasteiger partial charge is 0.496 e. The summed E-state index contributed by atoms with van der Waals surface area (Å²) < 4.78 is 84.5. The number of H-pyrrole nitrogens is 1. The molecule has 0 bridgehead atoms. The number of hydrogen-bond donors (Lipinski definition) is 2. The van der Waals surface area contributed by atoms with Gasteiger partial charge in [0.2, 0.25) is 0 Å². The van der Waals surface area contributed by atoms with Crippen molar-refractivity contribution in [3.8, 4) is 5.75 Å². The zero-order chi connectivity index (χ0) is 24.8. The van der Waals surface area contributed by atoms with Gasteiger partial charge in [-0.2, -0.15) is 13.2 Å². The van der Waals surface area contributed by atoms with E-state index < -0.39 is 45.7 Å². The van der Waals surface area contributed by atoms with Gasteiger partial charge in [-0.05, 0) is 30.0 Å². The van der Waals surface area contributed by atoms with Crippen LogP contribution in [0, 0.1) is 5.82 Å². The van der Waals surface area contributed by atoms with Crippen LogP contribution in [0.4, 0.5) is 17.6 Å². The number of benzene rings is 1. The molecule has 11 heteroatoms. The van der Waals surface area contributed by atoms with Crippen molar-refractivity contribution in [1.29, 1.82) is 0 Å². The van der Waals surface area contributed by atoms with E-state index in [-0.39, 0.29) is 16.5 Å². The van der Waals surface area contributed by atoms with Crippen LogP contribution in [0.25, 0.3) is 10.9 Å². The predicted molar refractivity (Wildman–Crippen MR) is 115 cm³/mol. The maximum Gasteiger partial charge on any atom is 0.417 e. The topological polar surface area (TPSA) is 92.3 Å². The van der Waals surface area contributed by atoms with Gasteiger partial charge in [0.1, 0.15) is 11.6 Å². The second-order valence-corrected chi connectivity index (χ2v) is 10.8. The van der Waals surface area contributed by atoms with Crippen molar-refractivity contribution in [3.63, 3.8) is 0 Å². The van der Waals surface area contributed by atoms with Crippen LogP contribution < -0.4 is 4.74 Å². The molecule has 1 aromatic carbocycles. The van der Waals surface area contributed by atoms with Gasteiger partial charge < -0.3 is 14.8 Å². The fourth-order valence-corrected chi connectivity index (χ4v) is 4.58. The number of aromatic nitrogens is 2. The van der Waals surface area contributed by atoms with Gasteiger partial charge >= 0.3 is 6.18 Å². The van der Waals surface area contributed by atoms with Crippen molar-refractivity contribution in [2.45, 2.75) is 48.9 Å². The maximum absolute atomic E-state index is 14.1. The smallest absolute Gasteiger partial charge is 0.417 e. The van der Waals surface area contributed by atoms with Crippen molar-refractivity contribution in [2.75, 3.05) is 13.4 Å². The van der Waals surface area contributed by atoms with E-state index in [0.29, 0.717) is 16.5 Å². The number of nitrogens with one attached hydrogen (secondary N) is 1. The molecule has 2 aromatic heterocycles. The maximum atomic E-state index is 14.1. The van der Waals surface area contributed by atoms with Crippen LogP contribution in [-0.2, 0) is 21.7 Å². The third-order valence-electron chi connectivity index (χ3n) is 5.55. The quantitative estimate of drug-likeness (QED) is 0.484. The van der Waals surface area contributed by atoms with E-state index in [1.165, 1.54) is 45.4 Å². The Bertz CT molecular complexity index is 1290. The first-order valence-electron chi connectivity index (χ1n) is 9.87. The lowest BCUT2D eigenvalue weighted by molar-refractivity contribution is -0.266. The van der Waals surface area contributed by atoms with Crippen LogP contribution >= 0.6 is 0 Å². The Hall–Kier alpha value is -2.66. The Balaban J connectivity index is 2.00. The summed E-state index contributed by atoms with van der Waals surface area (Å²) in [5.41, 5.74) is -3.70. The zero-order valence-corrected chi connectivity index (χ0v) is 19.2. The lowest BCUT2D eigenvalue weighted by Crippen LogP contribution is -2.51. The van der Waals surface area contributed by atoms with Crippen molar-refractivity contribution in [3.05, 3.63) is 53.6 Å². The molecule has 6 nitrogen and oxygen atoms in total. The number of methoxy groups -OCH3 is 1. The molecule has 0 amide bonds. The molecule has 3 rings (SSSR count). The second kappa shape index (κ2) is 8.28. The third kappa shape index (κ3) is 5.14. The highest BCUT2D eigenvalue weighted by Gasteiger charge is 2.56. The predicted octanol–water partition coefficient (Wildman–Crippen LogP) is 4.32. The van der Waals surface area contributed by atoms with Gasteiger partial charge in [-0.3, -0.25) is 0 Å². The summed E-state index contributed by atoms with van der Waals surface area (Å²) >= 11 is 0. The van der Waals surface area contributed by atoms with Gasteiger partial charge in [0.25, 0.3) is 0 Å². The van der Waals surface area contributed by atoms with E-state index in [0.717, 1.165) is 18.4 Å². The summed E-state index contributed by atoms with van der Waals surface area (Å²) in [6, 6.07) is 6.15. The van der Waals surface area contributed by atoms with Gasteiger partial charge in [-0.1, -0.05) is 19.9 Å². The van der Waals surface area contributed by atoms with E-state index in [4.69, 9.17) is 4.74 Å². The summed E-state index contributed by atoms with van der Waals surface area (Å²) in [5, 5.41) is 11.0. The number of pyridine rings is 1. The molecule has 1 unspecified atom stereocenters. The molecular formula is C22H24F4N2O4S. The number of aliphatic hydroxyl groups is 1. The number of hydrogen-bond acceptors (Lipinski definition) is 5. The number of ether oxygens (including phenoxy) is 1. The molecular weight excluding hydrogens is 464 g/mol. The molecule has 2 heterocycles. The zero-order valence-electron chi connectivity index (χ0n) is 18.4. The number of fused-ring (bicyclic) bond motifs is 1. The summed E-state index contributed by atoms with van der Waals surface area (Å²) in [7, 11) is -2.32. The summed E-state index contributed by atoms with van der Waals surface area (Å²) in [6.45, 7) is 3.01. The SMILES string of the molecule is COc1cc(F)ccc1C(C)(C)CC(O)(Cc1cc2cc(S(C)(=O)=O)ncc2[nH]1)C(F)(F)F. The van der Waals surface area contributed by atoms with E-state index in [9.17, 15) is 31.1 Å². The molecule has 2 N–H and O–H groups in total. The Morgan fingerprint density at radius 2 is 1.82 bits per heavy atom. The highest BCUT2D eigenvalue weighted by atomic mass is 32.2. The van der Waals surface area contributed by atoms with Gasteiger partial charge in [0.05, 0.1) is 18.8 Å². The molecule has 0 saturated carbocycles. The standard InChI is InChI=1S/C22H24F4N2O4S/c1-20(2,16-6-5-14(23)9-18(16)32-3)12-21(29,22(24,25)26)10-15-7-13-8-19(33(4,30)31)27-11-17(13)28-15/h5-9,11,28-29H,10,12H2,1-4H3. The summed E-state index contributed by atoms with van der Waals surface area (Å²) in [5.74, 6) is -0.521.